The number of hydrogen-bond acceptors (Lipinski definition) is 3. The highest BCUT2D eigenvalue weighted by Gasteiger charge is 2.06. The molecule has 0 fully saturated rings. The van der Waals surface area contributed by atoms with E-state index < -0.39 is 0 Å². The van der Waals surface area contributed by atoms with Crippen LogP contribution in [0.25, 0.3) is 0 Å². The normalized spacial score (nSPS) is 9.86. The van der Waals surface area contributed by atoms with Crippen molar-refractivity contribution in [1.29, 1.82) is 0 Å². The number of benzene rings is 1. The van der Waals surface area contributed by atoms with Gasteiger partial charge in [-0.25, -0.2) is 5.90 Å². The van der Waals surface area contributed by atoms with E-state index in [9.17, 15) is 4.79 Å². The lowest BCUT2D eigenvalue weighted by Crippen LogP contribution is -2.28. The van der Waals surface area contributed by atoms with E-state index in [2.05, 4.69) is 10.2 Å². The minimum atomic E-state index is -0.0971. The summed E-state index contributed by atoms with van der Waals surface area (Å²) in [6.45, 7) is 2.63. The first-order valence-corrected chi connectivity index (χ1v) is 4.41. The predicted molar refractivity (Wildman–Crippen MR) is 53.7 cm³/mol. The first-order valence-electron chi connectivity index (χ1n) is 4.41. The number of nitrogens with one attached hydrogen (secondary N) is 1. The number of amides is 1. The number of aryl methyl sites for hydroxylation is 1. The van der Waals surface area contributed by atoms with Gasteiger partial charge >= 0.3 is 0 Å². The highest BCUT2D eigenvalue weighted by molar-refractivity contribution is 5.95. The summed E-state index contributed by atoms with van der Waals surface area (Å²) in [5, 5.41) is 2.70. The number of hydrogen-bond donors (Lipinski definition) is 2. The fraction of sp³-hybridized carbons (Fsp3) is 0.300. The zero-order valence-electron chi connectivity index (χ0n) is 8.12. The lowest BCUT2D eigenvalue weighted by molar-refractivity contribution is 0.0916. The number of carbonyl (C=O) groups is 1. The molecule has 0 saturated heterocycles. The Balaban J connectivity index is 2.56. The Labute approximate surface area is 83.0 Å². The fourth-order valence-corrected chi connectivity index (χ4v) is 1.15. The molecule has 0 aromatic heterocycles. The monoisotopic (exact) mass is 194 g/mol. The molecule has 3 N–H and O–H groups in total. The van der Waals surface area contributed by atoms with Crippen LogP contribution in [0.5, 0.6) is 0 Å². The Bertz CT molecular complexity index is 313. The van der Waals surface area contributed by atoms with Gasteiger partial charge in [0.2, 0.25) is 0 Å². The summed E-state index contributed by atoms with van der Waals surface area (Å²) in [6.07, 6.45) is 0. The molecular weight excluding hydrogens is 180 g/mol. The molecule has 1 aromatic carbocycles. The molecule has 4 heteroatoms. The van der Waals surface area contributed by atoms with E-state index in [1.165, 1.54) is 0 Å². The first kappa shape index (κ1) is 10.7. The van der Waals surface area contributed by atoms with Gasteiger partial charge in [-0.05, 0) is 18.6 Å². The van der Waals surface area contributed by atoms with Crippen molar-refractivity contribution in [2.24, 2.45) is 5.90 Å². The van der Waals surface area contributed by atoms with Crippen molar-refractivity contribution in [3.05, 3.63) is 35.4 Å². The maximum absolute atomic E-state index is 11.5. The average molecular weight is 194 g/mol. The molecular formula is C10H14N2O2. The van der Waals surface area contributed by atoms with E-state index in [1.807, 2.05) is 25.1 Å². The molecule has 0 spiro atoms. The van der Waals surface area contributed by atoms with E-state index in [4.69, 9.17) is 5.90 Å². The third-order valence-corrected chi connectivity index (χ3v) is 1.90. The van der Waals surface area contributed by atoms with Crippen LogP contribution in [0.3, 0.4) is 0 Å². The molecule has 4 nitrogen and oxygen atoms in total. The molecule has 0 radical (unpaired) electrons. The Morgan fingerprint density at radius 3 is 2.86 bits per heavy atom. The predicted octanol–water partition coefficient (Wildman–Crippen LogP) is 0.615. The number of nitrogens with two attached hydrogens (primary N) is 1. The number of carbonyl (C=O) groups excluding carboxylic acids is 1. The van der Waals surface area contributed by atoms with Crippen LogP contribution in [0.2, 0.25) is 0 Å². The quantitative estimate of drug-likeness (QED) is 0.545. The lowest BCUT2D eigenvalue weighted by atomic mass is 10.1. The summed E-state index contributed by atoms with van der Waals surface area (Å²) >= 11 is 0. The van der Waals surface area contributed by atoms with Gasteiger partial charge in [0.1, 0.15) is 0 Å². The van der Waals surface area contributed by atoms with Crippen LogP contribution in [-0.2, 0) is 4.84 Å². The molecule has 76 valence electrons. The van der Waals surface area contributed by atoms with Gasteiger partial charge in [-0.3, -0.25) is 4.79 Å². The molecule has 1 aromatic rings. The SMILES string of the molecule is Cc1ccccc1C(=O)NCCON. The topological polar surface area (TPSA) is 64.3 Å². The third kappa shape index (κ3) is 2.83. The summed E-state index contributed by atoms with van der Waals surface area (Å²) in [5.41, 5.74) is 1.64. The maximum atomic E-state index is 11.5. The van der Waals surface area contributed by atoms with Crippen LogP contribution >= 0.6 is 0 Å². The maximum Gasteiger partial charge on any atom is 0.251 e. The van der Waals surface area contributed by atoms with Gasteiger partial charge in [-0.15, -0.1) is 0 Å². The average Bonchev–Trinajstić information content (AvgIpc) is 2.18. The van der Waals surface area contributed by atoms with Crippen LogP contribution in [0, 0.1) is 6.92 Å². The minimum Gasteiger partial charge on any atom is -0.350 e. The molecule has 0 unspecified atom stereocenters. The van der Waals surface area contributed by atoms with Crippen LogP contribution in [0.15, 0.2) is 24.3 Å². The Hall–Kier alpha value is -1.39. The Kier molecular flexibility index (Phi) is 4.10. The first-order chi connectivity index (χ1) is 6.75. The minimum absolute atomic E-state index is 0.0971. The molecule has 0 aliphatic rings. The summed E-state index contributed by atoms with van der Waals surface area (Å²) in [7, 11) is 0. The van der Waals surface area contributed by atoms with E-state index in [1.54, 1.807) is 6.07 Å². The summed E-state index contributed by atoms with van der Waals surface area (Å²) in [6, 6.07) is 7.42. The summed E-state index contributed by atoms with van der Waals surface area (Å²) in [4.78, 5) is 15.9. The molecule has 0 heterocycles. The summed E-state index contributed by atoms with van der Waals surface area (Å²) < 4.78 is 0. The van der Waals surface area contributed by atoms with E-state index in [-0.39, 0.29) is 5.91 Å². The van der Waals surface area contributed by atoms with Crippen LogP contribution in [-0.4, -0.2) is 19.1 Å². The van der Waals surface area contributed by atoms with Gasteiger partial charge in [0, 0.05) is 12.1 Å². The van der Waals surface area contributed by atoms with Crippen molar-refractivity contribution >= 4 is 5.91 Å². The van der Waals surface area contributed by atoms with Crippen molar-refractivity contribution in [1.82, 2.24) is 5.32 Å². The highest BCUT2D eigenvalue weighted by atomic mass is 16.6. The molecule has 0 aliphatic carbocycles. The van der Waals surface area contributed by atoms with Crippen molar-refractivity contribution < 1.29 is 9.63 Å². The second kappa shape index (κ2) is 5.36. The molecule has 1 amide bonds. The van der Waals surface area contributed by atoms with Gasteiger partial charge in [-0.1, -0.05) is 18.2 Å². The van der Waals surface area contributed by atoms with E-state index in [0.29, 0.717) is 18.7 Å². The fourth-order valence-electron chi connectivity index (χ4n) is 1.15. The zero-order chi connectivity index (χ0) is 10.4. The Morgan fingerprint density at radius 1 is 1.50 bits per heavy atom. The van der Waals surface area contributed by atoms with Crippen molar-refractivity contribution in [2.45, 2.75) is 6.92 Å². The number of rotatable bonds is 4. The van der Waals surface area contributed by atoms with Gasteiger partial charge < -0.3 is 10.2 Å². The van der Waals surface area contributed by atoms with Gasteiger partial charge in [0.05, 0.1) is 6.61 Å². The van der Waals surface area contributed by atoms with E-state index in [0.717, 1.165) is 5.56 Å². The smallest absolute Gasteiger partial charge is 0.251 e. The van der Waals surface area contributed by atoms with Gasteiger partial charge in [0.15, 0.2) is 0 Å². The third-order valence-electron chi connectivity index (χ3n) is 1.90. The van der Waals surface area contributed by atoms with Gasteiger partial charge in [-0.2, -0.15) is 0 Å². The van der Waals surface area contributed by atoms with Crippen LogP contribution in [0.1, 0.15) is 15.9 Å². The molecule has 14 heavy (non-hydrogen) atoms. The van der Waals surface area contributed by atoms with E-state index >= 15 is 0 Å². The van der Waals surface area contributed by atoms with Crippen LogP contribution in [0.4, 0.5) is 0 Å². The van der Waals surface area contributed by atoms with Crippen molar-refractivity contribution in [3.8, 4) is 0 Å². The van der Waals surface area contributed by atoms with Crippen LogP contribution < -0.4 is 11.2 Å². The molecule has 0 atom stereocenters. The molecule has 1 rings (SSSR count). The Morgan fingerprint density at radius 2 is 2.21 bits per heavy atom. The highest BCUT2D eigenvalue weighted by Crippen LogP contribution is 2.05. The molecule has 0 saturated carbocycles. The summed E-state index contributed by atoms with van der Waals surface area (Å²) in [5.74, 6) is 4.73. The lowest BCUT2D eigenvalue weighted by Gasteiger charge is -2.06. The van der Waals surface area contributed by atoms with Gasteiger partial charge in [0.25, 0.3) is 5.91 Å². The van der Waals surface area contributed by atoms with Crippen molar-refractivity contribution in [2.75, 3.05) is 13.2 Å². The standard InChI is InChI=1S/C10H14N2O2/c1-8-4-2-3-5-9(8)10(13)12-6-7-14-11/h2-5H,6-7,11H2,1H3,(H,12,13). The second-order valence-electron chi connectivity index (χ2n) is 2.94. The molecule has 0 bridgehead atoms. The van der Waals surface area contributed by atoms with Crippen molar-refractivity contribution in [3.63, 3.8) is 0 Å². The zero-order valence-corrected chi connectivity index (χ0v) is 8.12. The molecule has 0 aliphatic heterocycles. The second-order valence-corrected chi connectivity index (χ2v) is 2.94. The largest absolute Gasteiger partial charge is 0.350 e.